The number of rotatable bonds is 8. The summed E-state index contributed by atoms with van der Waals surface area (Å²) in [5, 5.41) is 1.04. The maximum Gasteiger partial charge on any atom is 0.135 e. The summed E-state index contributed by atoms with van der Waals surface area (Å²) < 4.78 is 45.0. The molecule has 0 spiro atoms. The molecule has 0 saturated heterocycles. The molecule has 2 aliphatic carbocycles. The van der Waals surface area contributed by atoms with Crippen LogP contribution >= 0.6 is 0 Å². The van der Waals surface area contributed by atoms with E-state index in [9.17, 15) is 2.74 Å². The van der Waals surface area contributed by atoms with Gasteiger partial charge >= 0.3 is 0 Å². The standard InChI is InChI=1S/C70H79N4O.Pt/c1-67(2,3)49-36-37-71-64(42-49)74-60-31-20-19-28-54(60)55-35-34-52(44-63(55)74)75-53-39-48(65-58(69(7,8)9)29-23-30-59(65)70(10,11)12)38-51(43-53)72-45-73(62-33-22-21-32-61(62)72)66-56(46-24-15-13-16-25-46)40-50(68(4,5)6)41-57(66)47-26-17-14-18-27-47;/h19-23,28-42,45-47H,13-18,24-27H2,1-12H3;/q-3;/i19D,20D,28D,31D;. The van der Waals surface area contributed by atoms with Crippen molar-refractivity contribution in [3.63, 3.8) is 0 Å². The van der Waals surface area contributed by atoms with Crippen LogP contribution in [0.3, 0.4) is 0 Å². The van der Waals surface area contributed by atoms with Crippen molar-refractivity contribution in [3.8, 4) is 28.4 Å². The maximum atomic E-state index is 9.27. The van der Waals surface area contributed by atoms with Crippen LogP contribution in [0.15, 0.2) is 121 Å². The first-order valence-corrected chi connectivity index (χ1v) is 27.9. The molecule has 6 heteroatoms. The van der Waals surface area contributed by atoms with E-state index in [1.165, 1.54) is 103 Å². The molecule has 5 nitrogen and oxygen atoms in total. The van der Waals surface area contributed by atoms with Gasteiger partial charge in [-0.25, -0.2) is 4.98 Å². The SMILES string of the molecule is [2H]c1c([2H])c([2H])c2c(c1[2H])c1ccc(Oc3[c-]c(N4[CH-]N(c5c(C6CCCCC6)cc(C(C)(C)C)cc5C5CCCCC5)c5ccccc54)cc(-c4c(C(C)(C)C)cccc4C(C)(C)C)c3)[c-]c1n2-c1cc(C(C)(C)C)ccn1.[Pt]. The zero-order valence-electron chi connectivity index (χ0n) is 51.1. The second-order valence-electron chi connectivity index (χ2n) is 26.0. The summed E-state index contributed by atoms with van der Waals surface area (Å²) in [6.07, 6.45) is 14.2. The second kappa shape index (κ2) is 20.6. The van der Waals surface area contributed by atoms with Crippen molar-refractivity contribution in [1.82, 2.24) is 9.55 Å². The monoisotopic (exact) mass is 1190 g/mol. The molecule has 3 heterocycles. The fourth-order valence-electron chi connectivity index (χ4n) is 12.3. The van der Waals surface area contributed by atoms with E-state index >= 15 is 0 Å². The maximum absolute atomic E-state index is 9.27. The molecule has 8 aromatic rings. The van der Waals surface area contributed by atoms with Crippen LogP contribution in [0.5, 0.6) is 11.5 Å². The van der Waals surface area contributed by atoms with E-state index in [-0.39, 0.29) is 66.9 Å². The van der Waals surface area contributed by atoms with Crippen molar-refractivity contribution in [1.29, 1.82) is 0 Å². The van der Waals surface area contributed by atoms with Crippen LogP contribution < -0.4 is 14.5 Å². The molecule has 0 unspecified atom stereocenters. The molecule has 0 bridgehead atoms. The van der Waals surface area contributed by atoms with E-state index in [4.69, 9.17) is 12.5 Å². The van der Waals surface area contributed by atoms with Gasteiger partial charge in [-0.2, -0.15) is 6.07 Å². The van der Waals surface area contributed by atoms with Gasteiger partial charge in [-0.3, -0.25) is 0 Å². The summed E-state index contributed by atoms with van der Waals surface area (Å²) in [5.41, 5.74) is 14.9. The number of para-hydroxylation sites is 3. The quantitative estimate of drug-likeness (QED) is 0.142. The Morgan fingerprint density at radius 2 is 1.17 bits per heavy atom. The number of anilines is 4. The number of fused-ring (bicyclic) bond motifs is 4. The zero-order chi connectivity index (χ0) is 56.1. The second-order valence-corrected chi connectivity index (χ2v) is 26.0. The Bertz CT molecular complexity index is 3580. The van der Waals surface area contributed by atoms with Crippen molar-refractivity contribution in [2.45, 2.75) is 181 Å². The molecule has 0 atom stereocenters. The number of ether oxygens (including phenoxy) is 1. The Hall–Kier alpha value is -5.64. The molecule has 2 aromatic heterocycles. The average Bonchev–Trinajstić information content (AvgIpc) is 3.97. The van der Waals surface area contributed by atoms with Gasteiger partial charge in [-0.05, 0) is 134 Å². The third kappa shape index (κ3) is 10.3. The van der Waals surface area contributed by atoms with Crippen LogP contribution in [0.2, 0.25) is 0 Å². The van der Waals surface area contributed by atoms with Crippen molar-refractivity contribution >= 4 is 44.6 Å². The van der Waals surface area contributed by atoms with Crippen molar-refractivity contribution < 1.29 is 31.3 Å². The van der Waals surface area contributed by atoms with Crippen molar-refractivity contribution in [2.75, 3.05) is 9.80 Å². The van der Waals surface area contributed by atoms with E-state index < -0.39 is 0 Å². The molecule has 1 aliphatic heterocycles. The summed E-state index contributed by atoms with van der Waals surface area (Å²) in [5.74, 6) is 2.43. The van der Waals surface area contributed by atoms with Crippen LogP contribution in [0.1, 0.15) is 198 Å². The van der Waals surface area contributed by atoms with E-state index in [2.05, 4.69) is 178 Å². The first-order chi connectivity index (χ1) is 37.4. The Morgan fingerprint density at radius 1 is 0.579 bits per heavy atom. The Morgan fingerprint density at radius 3 is 1.76 bits per heavy atom. The minimum Gasteiger partial charge on any atom is -0.509 e. The summed E-state index contributed by atoms with van der Waals surface area (Å²) >= 11 is 0. The van der Waals surface area contributed by atoms with E-state index in [0.717, 1.165) is 28.2 Å². The molecule has 2 saturated carbocycles. The fourth-order valence-corrected chi connectivity index (χ4v) is 12.3. The van der Waals surface area contributed by atoms with Gasteiger partial charge in [0.25, 0.3) is 0 Å². The van der Waals surface area contributed by atoms with Gasteiger partial charge in [0, 0.05) is 61.3 Å². The molecular weight excluding hydrogens is 1110 g/mol. The van der Waals surface area contributed by atoms with Crippen LogP contribution in [0, 0.1) is 18.8 Å². The van der Waals surface area contributed by atoms with Gasteiger partial charge in [0.15, 0.2) is 0 Å². The van der Waals surface area contributed by atoms with Crippen LogP contribution in [0.25, 0.3) is 38.8 Å². The molecule has 11 rings (SSSR count). The van der Waals surface area contributed by atoms with Gasteiger partial charge in [-0.1, -0.05) is 188 Å². The van der Waals surface area contributed by atoms with Crippen LogP contribution in [0.4, 0.5) is 22.7 Å². The van der Waals surface area contributed by atoms with Crippen molar-refractivity contribution in [2.24, 2.45) is 0 Å². The first-order valence-electron chi connectivity index (χ1n) is 29.9. The van der Waals surface area contributed by atoms with E-state index in [1.807, 2.05) is 28.8 Å². The van der Waals surface area contributed by atoms with Gasteiger partial charge in [0.2, 0.25) is 0 Å². The number of aromatic nitrogens is 2. The summed E-state index contributed by atoms with van der Waals surface area (Å²) in [6, 6.07) is 39.6. The van der Waals surface area contributed by atoms with Gasteiger partial charge in [0.1, 0.15) is 5.82 Å². The normalized spacial score (nSPS) is 16.8. The topological polar surface area (TPSA) is 33.5 Å². The van der Waals surface area contributed by atoms with E-state index in [0.29, 0.717) is 51.0 Å². The van der Waals surface area contributed by atoms with Gasteiger partial charge in [0.05, 0.1) is 5.48 Å². The fraction of sp³-hybridized carbons (Fsp3) is 0.400. The summed E-state index contributed by atoms with van der Waals surface area (Å²) in [6.45, 7) is 29.7. The molecule has 398 valence electrons. The Kier molecular flexibility index (Phi) is 13.2. The van der Waals surface area contributed by atoms with Gasteiger partial charge in [-0.15, -0.1) is 53.6 Å². The van der Waals surface area contributed by atoms with Crippen LogP contribution in [-0.4, -0.2) is 9.55 Å². The van der Waals surface area contributed by atoms with Gasteiger partial charge < -0.3 is 19.1 Å². The largest absolute Gasteiger partial charge is 0.509 e. The number of hydrogen-bond acceptors (Lipinski definition) is 4. The van der Waals surface area contributed by atoms with E-state index in [1.54, 1.807) is 6.20 Å². The average molecular weight is 1190 g/mol. The predicted octanol–water partition coefficient (Wildman–Crippen LogP) is 19.9. The summed E-state index contributed by atoms with van der Waals surface area (Å²) in [7, 11) is 0. The molecule has 0 radical (unpaired) electrons. The third-order valence-corrected chi connectivity index (χ3v) is 16.4. The molecule has 6 aromatic carbocycles. The minimum atomic E-state index is -0.301. The molecule has 76 heavy (non-hydrogen) atoms. The number of hydrogen-bond donors (Lipinski definition) is 0. The van der Waals surface area contributed by atoms with Crippen molar-refractivity contribution in [3.05, 3.63) is 174 Å². The number of benzene rings is 6. The third-order valence-electron chi connectivity index (χ3n) is 16.4. The molecule has 2 fully saturated rings. The Labute approximate surface area is 475 Å². The zero-order valence-corrected chi connectivity index (χ0v) is 49.3. The molecule has 3 aliphatic rings. The Balaban J connectivity index is 0.00000720. The number of nitrogens with zero attached hydrogens (tertiary/aromatic N) is 4. The molecular formula is C70H79N4OPt-3. The first kappa shape index (κ1) is 48.7. The van der Waals surface area contributed by atoms with Crippen LogP contribution in [-0.2, 0) is 42.7 Å². The smallest absolute Gasteiger partial charge is 0.135 e. The molecule has 0 N–H and O–H groups in total. The molecule has 0 amide bonds. The number of pyridine rings is 1. The summed E-state index contributed by atoms with van der Waals surface area (Å²) in [4.78, 5) is 9.71. The minimum absolute atomic E-state index is 0. The predicted molar refractivity (Wildman–Crippen MR) is 316 cm³/mol.